The molecule has 10 aromatic rings. The number of furan rings is 1. The van der Waals surface area contributed by atoms with Crippen LogP contribution in [0.4, 0.5) is 17.1 Å². The van der Waals surface area contributed by atoms with Crippen LogP contribution >= 0.6 is 0 Å². The van der Waals surface area contributed by atoms with Crippen molar-refractivity contribution in [2.75, 3.05) is 4.90 Å². The normalized spacial score (nSPS) is 11.7. The van der Waals surface area contributed by atoms with Crippen LogP contribution in [0.5, 0.6) is 0 Å². The van der Waals surface area contributed by atoms with Crippen LogP contribution in [0.2, 0.25) is 0 Å². The number of para-hydroxylation sites is 2. The highest BCUT2D eigenvalue weighted by atomic mass is 16.3. The van der Waals surface area contributed by atoms with Gasteiger partial charge < -0.3 is 13.9 Å². The van der Waals surface area contributed by atoms with Gasteiger partial charge in [-0.05, 0) is 89.3 Å². The van der Waals surface area contributed by atoms with Crippen LogP contribution in [-0.4, -0.2) is 4.57 Å². The van der Waals surface area contributed by atoms with Crippen LogP contribution in [0.3, 0.4) is 0 Å². The first-order valence-corrected chi connectivity index (χ1v) is 16.7. The third-order valence-corrected chi connectivity index (χ3v) is 9.74. The summed E-state index contributed by atoms with van der Waals surface area (Å²) in [7, 11) is 0. The van der Waals surface area contributed by atoms with Gasteiger partial charge in [0.1, 0.15) is 11.2 Å². The van der Waals surface area contributed by atoms with Gasteiger partial charge in [-0.3, -0.25) is 0 Å². The lowest BCUT2D eigenvalue weighted by molar-refractivity contribution is 0.672. The van der Waals surface area contributed by atoms with Gasteiger partial charge in [0.05, 0.1) is 11.0 Å². The van der Waals surface area contributed by atoms with Crippen LogP contribution in [-0.2, 0) is 0 Å². The molecule has 10 rings (SSSR count). The van der Waals surface area contributed by atoms with Gasteiger partial charge >= 0.3 is 0 Å². The van der Waals surface area contributed by atoms with E-state index in [9.17, 15) is 0 Å². The Bertz CT molecular complexity index is 2830. The molecule has 0 aliphatic rings. The number of anilines is 3. The van der Waals surface area contributed by atoms with Gasteiger partial charge in [-0.25, -0.2) is 0 Å². The standard InChI is InChI=1S/C46H30N2O/c1-3-12-31(13-4-1)33-15-11-18-35(28-33)47(37-24-27-45-42(30-37)40-25-22-32-14-7-8-19-38(32)46(40)49-45)36-23-26-44-41(29-36)39-20-9-10-21-43(39)48(44)34-16-5-2-6-17-34/h1-30H. The highest BCUT2D eigenvalue weighted by molar-refractivity contribution is 6.16. The second-order valence-corrected chi connectivity index (χ2v) is 12.6. The number of fused-ring (bicyclic) bond motifs is 8. The molecule has 3 nitrogen and oxygen atoms in total. The molecule has 2 heterocycles. The molecule has 0 N–H and O–H groups in total. The molecule has 2 aromatic heterocycles. The van der Waals surface area contributed by atoms with Gasteiger partial charge in [-0.1, -0.05) is 109 Å². The first-order chi connectivity index (χ1) is 24.3. The summed E-state index contributed by atoms with van der Waals surface area (Å²) in [5.41, 5.74) is 10.9. The Hall–Kier alpha value is -6.58. The Balaban J connectivity index is 1.22. The zero-order chi connectivity index (χ0) is 32.3. The largest absolute Gasteiger partial charge is 0.455 e. The highest BCUT2D eigenvalue weighted by Crippen LogP contribution is 2.43. The lowest BCUT2D eigenvalue weighted by atomic mass is 10.0. The Morgan fingerprint density at radius 3 is 1.90 bits per heavy atom. The van der Waals surface area contributed by atoms with Crippen LogP contribution < -0.4 is 4.90 Å². The third kappa shape index (κ3) is 4.44. The van der Waals surface area contributed by atoms with Crippen LogP contribution in [0.1, 0.15) is 0 Å². The molecule has 0 bridgehead atoms. The minimum Gasteiger partial charge on any atom is -0.455 e. The molecule has 0 aliphatic heterocycles. The molecular weight excluding hydrogens is 597 g/mol. The zero-order valence-electron chi connectivity index (χ0n) is 26.6. The van der Waals surface area contributed by atoms with Crippen molar-refractivity contribution >= 4 is 71.6 Å². The smallest absolute Gasteiger partial charge is 0.143 e. The summed E-state index contributed by atoms with van der Waals surface area (Å²) in [5, 5.41) is 6.97. The van der Waals surface area contributed by atoms with E-state index in [0.29, 0.717) is 0 Å². The van der Waals surface area contributed by atoms with Crippen molar-refractivity contribution in [3.8, 4) is 16.8 Å². The Labute approximate surface area is 283 Å². The fourth-order valence-electron chi connectivity index (χ4n) is 7.49. The molecule has 49 heavy (non-hydrogen) atoms. The van der Waals surface area contributed by atoms with Gasteiger partial charge in [-0.15, -0.1) is 0 Å². The maximum atomic E-state index is 6.52. The minimum absolute atomic E-state index is 0.884. The molecule has 8 aromatic carbocycles. The number of hydrogen-bond acceptors (Lipinski definition) is 2. The number of aromatic nitrogens is 1. The van der Waals surface area contributed by atoms with E-state index in [4.69, 9.17) is 4.42 Å². The van der Waals surface area contributed by atoms with Crippen molar-refractivity contribution in [1.82, 2.24) is 4.57 Å². The number of benzene rings is 8. The van der Waals surface area contributed by atoms with Crippen molar-refractivity contribution in [2.24, 2.45) is 0 Å². The minimum atomic E-state index is 0.884. The molecule has 0 spiro atoms. The zero-order valence-corrected chi connectivity index (χ0v) is 26.6. The molecule has 0 unspecified atom stereocenters. The van der Waals surface area contributed by atoms with Crippen molar-refractivity contribution in [3.05, 3.63) is 182 Å². The van der Waals surface area contributed by atoms with Crippen molar-refractivity contribution in [3.63, 3.8) is 0 Å². The molecule has 3 heteroatoms. The molecule has 0 atom stereocenters. The molecule has 0 amide bonds. The first kappa shape index (κ1) is 27.5. The van der Waals surface area contributed by atoms with E-state index >= 15 is 0 Å². The summed E-state index contributed by atoms with van der Waals surface area (Å²) >= 11 is 0. The molecule has 0 aliphatic carbocycles. The van der Waals surface area contributed by atoms with Crippen molar-refractivity contribution in [2.45, 2.75) is 0 Å². The summed E-state index contributed by atoms with van der Waals surface area (Å²) in [5.74, 6) is 0. The summed E-state index contributed by atoms with van der Waals surface area (Å²) in [4.78, 5) is 2.37. The quantitative estimate of drug-likeness (QED) is 0.190. The van der Waals surface area contributed by atoms with Crippen LogP contribution in [0.25, 0.3) is 71.3 Å². The maximum Gasteiger partial charge on any atom is 0.143 e. The molecular formula is C46H30N2O. The van der Waals surface area contributed by atoms with E-state index in [1.54, 1.807) is 0 Å². The molecule has 0 saturated carbocycles. The first-order valence-electron chi connectivity index (χ1n) is 16.7. The third-order valence-electron chi connectivity index (χ3n) is 9.74. The van der Waals surface area contributed by atoms with Gasteiger partial charge in [0.15, 0.2) is 0 Å². The Morgan fingerprint density at radius 2 is 1.04 bits per heavy atom. The second-order valence-electron chi connectivity index (χ2n) is 12.6. The van der Waals surface area contributed by atoms with E-state index in [2.05, 4.69) is 191 Å². The molecule has 230 valence electrons. The summed E-state index contributed by atoms with van der Waals surface area (Å²) in [6, 6.07) is 65.0. The molecule has 0 radical (unpaired) electrons. The highest BCUT2D eigenvalue weighted by Gasteiger charge is 2.19. The number of nitrogens with zero attached hydrogens (tertiary/aromatic N) is 2. The molecule has 0 fully saturated rings. The predicted octanol–water partition coefficient (Wildman–Crippen LogP) is 13.0. The summed E-state index contributed by atoms with van der Waals surface area (Å²) in [6.07, 6.45) is 0. The van der Waals surface area contributed by atoms with Gasteiger partial charge in [0.25, 0.3) is 0 Å². The fourth-order valence-corrected chi connectivity index (χ4v) is 7.49. The van der Waals surface area contributed by atoms with E-state index in [-0.39, 0.29) is 0 Å². The topological polar surface area (TPSA) is 21.3 Å². The summed E-state index contributed by atoms with van der Waals surface area (Å²) in [6.45, 7) is 0. The predicted molar refractivity (Wildman–Crippen MR) is 206 cm³/mol. The van der Waals surface area contributed by atoms with Crippen molar-refractivity contribution < 1.29 is 4.42 Å². The summed E-state index contributed by atoms with van der Waals surface area (Å²) < 4.78 is 8.88. The van der Waals surface area contributed by atoms with Gasteiger partial charge in [0.2, 0.25) is 0 Å². The lowest BCUT2D eigenvalue weighted by Gasteiger charge is -2.26. The second kappa shape index (κ2) is 11.0. The number of rotatable bonds is 5. The van der Waals surface area contributed by atoms with E-state index in [0.717, 1.165) is 50.1 Å². The molecule has 0 saturated heterocycles. The van der Waals surface area contributed by atoms with Crippen molar-refractivity contribution in [1.29, 1.82) is 0 Å². The van der Waals surface area contributed by atoms with Crippen LogP contribution in [0.15, 0.2) is 186 Å². The maximum absolute atomic E-state index is 6.52. The van der Waals surface area contributed by atoms with Gasteiger partial charge in [0, 0.05) is 49.7 Å². The average Bonchev–Trinajstić information content (AvgIpc) is 3.71. The fraction of sp³-hybridized carbons (Fsp3) is 0. The Kier molecular flexibility index (Phi) is 6.18. The van der Waals surface area contributed by atoms with E-state index in [1.165, 1.54) is 38.3 Å². The monoisotopic (exact) mass is 626 g/mol. The average molecular weight is 627 g/mol. The van der Waals surface area contributed by atoms with E-state index in [1.807, 2.05) is 0 Å². The van der Waals surface area contributed by atoms with Crippen LogP contribution in [0, 0.1) is 0 Å². The van der Waals surface area contributed by atoms with E-state index < -0.39 is 0 Å². The SMILES string of the molecule is c1ccc(-c2cccc(N(c3ccc4oc5c6ccccc6ccc5c4c3)c3ccc4c(c3)c3ccccc3n4-c3ccccc3)c2)cc1. The number of hydrogen-bond donors (Lipinski definition) is 0. The van der Waals surface area contributed by atoms with Gasteiger partial charge in [-0.2, -0.15) is 0 Å². The lowest BCUT2D eigenvalue weighted by Crippen LogP contribution is -2.10. The Morgan fingerprint density at radius 1 is 0.388 bits per heavy atom.